The number of anilines is 1. The maximum absolute atomic E-state index is 12.2. The number of fused-ring (bicyclic) bond motifs is 1. The van der Waals surface area contributed by atoms with Gasteiger partial charge in [-0.15, -0.1) is 0 Å². The Morgan fingerprint density at radius 3 is 2.76 bits per heavy atom. The third kappa shape index (κ3) is 2.02. The van der Waals surface area contributed by atoms with Crippen LogP contribution in [0.15, 0.2) is 24.3 Å². The van der Waals surface area contributed by atoms with Crippen LogP contribution in [-0.2, 0) is 16.0 Å². The third-order valence-corrected chi connectivity index (χ3v) is 3.16. The van der Waals surface area contributed by atoms with Crippen LogP contribution in [0.1, 0.15) is 12.5 Å². The standard InChI is InChI=1S/C13H16N2O2/c1-9(12(16)14-2)13(17)15-8-7-10-5-3-4-6-11(10)15/h3-6,9H,7-8H2,1-2H3,(H,14,16). The predicted molar refractivity (Wildman–Crippen MR) is 65.7 cm³/mol. The van der Waals surface area contributed by atoms with E-state index in [9.17, 15) is 9.59 Å². The third-order valence-electron chi connectivity index (χ3n) is 3.16. The lowest BCUT2D eigenvalue weighted by molar-refractivity contribution is -0.132. The fraction of sp³-hybridized carbons (Fsp3) is 0.385. The zero-order valence-electron chi connectivity index (χ0n) is 10.1. The molecule has 1 aromatic carbocycles. The molecule has 2 rings (SSSR count). The van der Waals surface area contributed by atoms with E-state index in [-0.39, 0.29) is 11.8 Å². The van der Waals surface area contributed by atoms with Gasteiger partial charge >= 0.3 is 0 Å². The van der Waals surface area contributed by atoms with Gasteiger partial charge in [-0.3, -0.25) is 9.59 Å². The average molecular weight is 232 g/mol. The number of amides is 2. The average Bonchev–Trinajstić information content (AvgIpc) is 2.79. The molecule has 0 aliphatic carbocycles. The lowest BCUT2D eigenvalue weighted by Crippen LogP contribution is -2.40. The van der Waals surface area contributed by atoms with Crippen molar-refractivity contribution in [3.8, 4) is 0 Å². The molecule has 0 saturated heterocycles. The highest BCUT2D eigenvalue weighted by molar-refractivity contribution is 6.08. The van der Waals surface area contributed by atoms with Crippen molar-refractivity contribution in [1.82, 2.24) is 5.32 Å². The molecule has 2 amide bonds. The minimum Gasteiger partial charge on any atom is -0.358 e. The number of benzene rings is 1. The molecular formula is C13H16N2O2. The van der Waals surface area contributed by atoms with Crippen LogP contribution in [0.25, 0.3) is 0 Å². The normalized spacial score (nSPS) is 15.3. The molecule has 0 bridgehead atoms. The van der Waals surface area contributed by atoms with Gasteiger partial charge in [-0.1, -0.05) is 18.2 Å². The fourth-order valence-corrected chi connectivity index (χ4v) is 2.13. The molecule has 1 aliphatic rings. The van der Waals surface area contributed by atoms with Crippen LogP contribution < -0.4 is 10.2 Å². The lowest BCUT2D eigenvalue weighted by atomic mass is 10.1. The topological polar surface area (TPSA) is 49.4 Å². The summed E-state index contributed by atoms with van der Waals surface area (Å²) in [5.74, 6) is -1.00. The second-order valence-corrected chi connectivity index (χ2v) is 4.20. The SMILES string of the molecule is CNC(=O)C(C)C(=O)N1CCc2ccccc21. The molecule has 1 aliphatic heterocycles. The summed E-state index contributed by atoms with van der Waals surface area (Å²) in [7, 11) is 1.55. The van der Waals surface area contributed by atoms with Crippen molar-refractivity contribution in [2.75, 3.05) is 18.5 Å². The van der Waals surface area contributed by atoms with E-state index in [0.717, 1.165) is 12.1 Å². The minimum atomic E-state index is -0.633. The fourth-order valence-electron chi connectivity index (χ4n) is 2.13. The van der Waals surface area contributed by atoms with E-state index < -0.39 is 5.92 Å². The van der Waals surface area contributed by atoms with Gasteiger partial charge in [0.1, 0.15) is 5.92 Å². The first-order valence-corrected chi connectivity index (χ1v) is 5.76. The van der Waals surface area contributed by atoms with Gasteiger partial charge in [0.2, 0.25) is 11.8 Å². The monoisotopic (exact) mass is 232 g/mol. The van der Waals surface area contributed by atoms with Crippen molar-refractivity contribution in [3.63, 3.8) is 0 Å². The minimum absolute atomic E-state index is 0.130. The Morgan fingerprint density at radius 2 is 2.06 bits per heavy atom. The van der Waals surface area contributed by atoms with E-state index in [1.807, 2.05) is 24.3 Å². The van der Waals surface area contributed by atoms with E-state index in [2.05, 4.69) is 5.32 Å². The number of rotatable bonds is 2. The van der Waals surface area contributed by atoms with E-state index in [0.29, 0.717) is 6.54 Å². The Hall–Kier alpha value is -1.84. The number of hydrogen-bond donors (Lipinski definition) is 1. The van der Waals surface area contributed by atoms with Crippen LogP contribution in [0.2, 0.25) is 0 Å². The predicted octanol–water partition coefficient (Wildman–Crippen LogP) is 0.958. The van der Waals surface area contributed by atoms with Gasteiger partial charge in [-0.2, -0.15) is 0 Å². The maximum Gasteiger partial charge on any atom is 0.239 e. The van der Waals surface area contributed by atoms with Crippen LogP contribution >= 0.6 is 0 Å². The summed E-state index contributed by atoms with van der Waals surface area (Å²) >= 11 is 0. The van der Waals surface area contributed by atoms with Crippen LogP contribution in [0.4, 0.5) is 5.69 Å². The smallest absolute Gasteiger partial charge is 0.239 e. The van der Waals surface area contributed by atoms with Crippen molar-refractivity contribution in [1.29, 1.82) is 0 Å². The highest BCUT2D eigenvalue weighted by atomic mass is 16.2. The Balaban J connectivity index is 2.21. The number of hydrogen-bond acceptors (Lipinski definition) is 2. The van der Waals surface area contributed by atoms with Crippen molar-refractivity contribution in [2.45, 2.75) is 13.3 Å². The second-order valence-electron chi connectivity index (χ2n) is 4.20. The number of carbonyl (C=O) groups excluding carboxylic acids is 2. The Kier molecular flexibility index (Phi) is 3.13. The molecule has 0 saturated carbocycles. The van der Waals surface area contributed by atoms with Gasteiger partial charge in [-0.05, 0) is 25.0 Å². The number of nitrogens with one attached hydrogen (secondary N) is 1. The molecule has 1 N–H and O–H groups in total. The summed E-state index contributed by atoms with van der Waals surface area (Å²) in [6.07, 6.45) is 0.863. The van der Waals surface area contributed by atoms with E-state index in [1.165, 1.54) is 5.56 Å². The molecule has 0 fully saturated rings. The van der Waals surface area contributed by atoms with Crippen molar-refractivity contribution in [2.24, 2.45) is 5.92 Å². The number of carbonyl (C=O) groups is 2. The van der Waals surface area contributed by atoms with Gasteiger partial charge in [0.25, 0.3) is 0 Å². The molecule has 17 heavy (non-hydrogen) atoms. The summed E-state index contributed by atoms with van der Waals surface area (Å²) in [4.78, 5) is 25.3. The molecule has 0 aromatic heterocycles. The summed E-state index contributed by atoms with van der Waals surface area (Å²) in [5.41, 5.74) is 2.11. The van der Waals surface area contributed by atoms with Crippen LogP contribution in [-0.4, -0.2) is 25.4 Å². The Bertz CT molecular complexity index is 456. The first-order valence-electron chi connectivity index (χ1n) is 5.76. The zero-order chi connectivity index (χ0) is 12.4. The van der Waals surface area contributed by atoms with Gasteiger partial charge in [-0.25, -0.2) is 0 Å². The summed E-state index contributed by atoms with van der Waals surface area (Å²) < 4.78 is 0. The zero-order valence-corrected chi connectivity index (χ0v) is 10.1. The lowest BCUT2D eigenvalue weighted by Gasteiger charge is -2.20. The molecule has 0 spiro atoms. The van der Waals surface area contributed by atoms with Crippen molar-refractivity contribution in [3.05, 3.63) is 29.8 Å². The number of nitrogens with zero attached hydrogens (tertiary/aromatic N) is 1. The highest BCUT2D eigenvalue weighted by Gasteiger charge is 2.30. The van der Waals surface area contributed by atoms with Gasteiger partial charge < -0.3 is 10.2 Å². The summed E-state index contributed by atoms with van der Waals surface area (Å²) in [6.45, 7) is 2.31. The molecule has 1 aromatic rings. The first kappa shape index (κ1) is 11.6. The maximum atomic E-state index is 12.2. The van der Waals surface area contributed by atoms with E-state index in [4.69, 9.17) is 0 Å². The highest BCUT2D eigenvalue weighted by Crippen LogP contribution is 2.28. The van der Waals surface area contributed by atoms with Crippen LogP contribution in [0, 0.1) is 5.92 Å². The molecule has 4 nitrogen and oxygen atoms in total. The molecule has 1 heterocycles. The molecule has 4 heteroatoms. The summed E-state index contributed by atoms with van der Waals surface area (Å²) in [5, 5.41) is 2.51. The van der Waals surface area contributed by atoms with E-state index in [1.54, 1.807) is 18.9 Å². The summed E-state index contributed by atoms with van der Waals surface area (Å²) in [6, 6.07) is 7.83. The first-order chi connectivity index (χ1) is 8.15. The Labute approximate surface area is 101 Å². The van der Waals surface area contributed by atoms with Crippen LogP contribution in [0.5, 0.6) is 0 Å². The second kappa shape index (κ2) is 4.57. The Morgan fingerprint density at radius 1 is 1.35 bits per heavy atom. The molecule has 1 atom stereocenters. The van der Waals surface area contributed by atoms with E-state index >= 15 is 0 Å². The molecule has 1 unspecified atom stereocenters. The van der Waals surface area contributed by atoms with Gasteiger partial charge in [0.15, 0.2) is 0 Å². The van der Waals surface area contributed by atoms with Crippen LogP contribution in [0.3, 0.4) is 0 Å². The molecule has 0 radical (unpaired) electrons. The molecule has 90 valence electrons. The number of para-hydroxylation sites is 1. The largest absolute Gasteiger partial charge is 0.358 e. The van der Waals surface area contributed by atoms with Crippen molar-refractivity contribution < 1.29 is 9.59 Å². The van der Waals surface area contributed by atoms with Gasteiger partial charge in [0.05, 0.1) is 0 Å². The molecular weight excluding hydrogens is 216 g/mol. The van der Waals surface area contributed by atoms with Crippen molar-refractivity contribution >= 4 is 17.5 Å². The van der Waals surface area contributed by atoms with Gasteiger partial charge in [0, 0.05) is 19.3 Å². The quantitative estimate of drug-likeness (QED) is 0.772.